The van der Waals surface area contributed by atoms with Crippen molar-refractivity contribution in [1.82, 2.24) is 0 Å². The van der Waals surface area contributed by atoms with E-state index >= 15 is 0 Å². The maximum atomic E-state index is 13.2. The summed E-state index contributed by atoms with van der Waals surface area (Å²) in [7, 11) is -3.77. The van der Waals surface area contributed by atoms with Gasteiger partial charge in [0.15, 0.2) is 0 Å². The summed E-state index contributed by atoms with van der Waals surface area (Å²) in [5.74, 6) is -0.990. The van der Waals surface area contributed by atoms with E-state index in [2.05, 4.69) is 5.32 Å². The van der Waals surface area contributed by atoms with E-state index in [1.165, 1.54) is 12.1 Å². The van der Waals surface area contributed by atoms with Gasteiger partial charge in [0.05, 0.1) is 11.9 Å². The van der Waals surface area contributed by atoms with Crippen LogP contribution in [0.3, 0.4) is 0 Å². The number of rotatable bonds is 6. The summed E-state index contributed by atoms with van der Waals surface area (Å²) in [5.41, 5.74) is 1.55. The van der Waals surface area contributed by atoms with Gasteiger partial charge in [-0.15, -0.1) is 0 Å². The van der Waals surface area contributed by atoms with E-state index in [0.717, 1.165) is 28.3 Å². The summed E-state index contributed by atoms with van der Waals surface area (Å²) < 4.78 is 38.8. The van der Waals surface area contributed by atoms with Crippen LogP contribution in [0.2, 0.25) is 5.02 Å². The van der Waals surface area contributed by atoms with E-state index in [0.29, 0.717) is 10.7 Å². The van der Waals surface area contributed by atoms with E-state index < -0.39 is 27.8 Å². The number of carbonyl (C=O) groups is 1. The Balaban J connectivity index is 2.36. The molecule has 2 aromatic rings. The van der Waals surface area contributed by atoms with Crippen molar-refractivity contribution in [3.8, 4) is 0 Å². The Morgan fingerprint density at radius 2 is 1.85 bits per heavy atom. The second kappa shape index (κ2) is 8.05. The summed E-state index contributed by atoms with van der Waals surface area (Å²) in [5, 5.41) is 3.19. The van der Waals surface area contributed by atoms with Gasteiger partial charge in [-0.25, -0.2) is 12.8 Å². The molecule has 1 amide bonds. The molecule has 5 nitrogen and oxygen atoms in total. The fourth-order valence-corrected chi connectivity index (χ4v) is 3.94. The van der Waals surface area contributed by atoms with Gasteiger partial charge >= 0.3 is 0 Å². The van der Waals surface area contributed by atoms with E-state index in [1.807, 2.05) is 6.92 Å². The average molecular weight is 399 g/mol. The van der Waals surface area contributed by atoms with Gasteiger partial charge in [0, 0.05) is 10.7 Å². The lowest BCUT2D eigenvalue weighted by molar-refractivity contribution is -0.117. The Morgan fingerprint density at radius 3 is 2.35 bits per heavy atom. The van der Waals surface area contributed by atoms with Gasteiger partial charge in [-0.1, -0.05) is 24.6 Å². The average Bonchev–Trinajstić information content (AvgIpc) is 2.56. The van der Waals surface area contributed by atoms with Crippen LogP contribution >= 0.6 is 11.6 Å². The molecule has 0 saturated heterocycles. The van der Waals surface area contributed by atoms with Crippen molar-refractivity contribution in [2.24, 2.45) is 0 Å². The van der Waals surface area contributed by atoms with Crippen LogP contribution in [0.4, 0.5) is 15.8 Å². The van der Waals surface area contributed by atoms with Crippen LogP contribution < -0.4 is 9.62 Å². The maximum absolute atomic E-state index is 13.2. The third kappa shape index (κ3) is 4.74. The van der Waals surface area contributed by atoms with Gasteiger partial charge in [0.2, 0.25) is 15.9 Å². The topological polar surface area (TPSA) is 66.5 Å². The highest BCUT2D eigenvalue weighted by molar-refractivity contribution is 7.92. The minimum Gasteiger partial charge on any atom is -0.324 e. The molecule has 8 heteroatoms. The standard InChI is InChI=1S/C18H20ClFN2O3S/c1-4-17(18(23)21-14-8-5-12(2)16(19)11-14)22(26(3,24)25)15-9-6-13(20)7-10-15/h5-11,17H,4H2,1-3H3,(H,21,23). The SMILES string of the molecule is CCC(C(=O)Nc1ccc(C)c(Cl)c1)N(c1ccc(F)cc1)S(C)(=O)=O. The number of hydrogen-bond donors (Lipinski definition) is 1. The molecule has 0 aliphatic rings. The van der Waals surface area contributed by atoms with E-state index in [-0.39, 0.29) is 12.1 Å². The van der Waals surface area contributed by atoms with Crippen molar-refractivity contribution in [3.05, 3.63) is 58.9 Å². The van der Waals surface area contributed by atoms with Crippen molar-refractivity contribution in [2.75, 3.05) is 15.9 Å². The second-order valence-electron chi connectivity index (χ2n) is 5.91. The Labute approximate surface area is 157 Å². The molecule has 2 aromatic carbocycles. The highest BCUT2D eigenvalue weighted by Crippen LogP contribution is 2.25. The Kier molecular flexibility index (Phi) is 6.26. The van der Waals surface area contributed by atoms with Crippen LogP contribution in [0.15, 0.2) is 42.5 Å². The molecule has 0 saturated carbocycles. The Hall–Kier alpha value is -2.12. The number of anilines is 2. The molecule has 0 aliphatic carbocycles. The summed E-state index contributed by atoms with van der Waals surface area (Å²) in [6, 6.07) is 9.02. The first kappa shape index (κ1) is 20.2. The fraction of sp³-hybridized carbons (Fsp3) is 0.278. The fourth-order valence-electron chi connectivity index (χ4n) is 2.54. The predicted molar refractivity (Wildman–Crippen MR) is 103 cm³/mol. The number of halogens is 2. The Bertz CT molecular complexity index is 901. The van der Waals surface area contributed by atoms with Gasteiger partial charge in [-0.2, -0.15) is 0 Å². The molecule has 0 spiro atoms. The highest BCUT2D eigenvalue weighted by Gasteiger charge is 2.31. The molecule has 0 radical (unpaired) electrons. The van der Waals surface area contributed by atoms with Crippen molar-refractivity contribution >= 4 is 38.9 Å². The van der Waals surface area contributed by atoms with E-state index in [1.54, 1.807) is 25.1 Å². The summed E-state index contributed by atoms with van der Waals surface area (Å²) in [6.07, 6.45) is 1.24. The number of benzene rings is 2. The number of nitrogens with zero attached hydrogens (tertiary/aromatic N) is 1. The first-order valence-electron chi connectivity index (χ1n) is 7.95. The molecule has 0 aromatic heterocycles. The monoisotopic (exact) mass is 398 g/mol. The van der Waals surface area contributed by atoms with Crippen molar-refractivity contribution in [2.45, 2.75) is 26.3 Å². The number of aryl methyl sites for hydroxylation is 1. The predicted octanol–water partition coefficient (Wildman–Crippen LogP) is 3.97. The minimum atomic E-state index is -3.77. The molecule has 26 heavy (non-hydrogen) atoms. The molecular formula is C18H20ClFN2O3S. The van der Waals surface area contributed by atoms with Crippen LogP contribution in [0, 0.1) is 12.7 Å². The molecule has 1 atom stereocenters. The van der Waals surface area contributed by atoms with Gasteiger partial charge < -0.3 is 5.32 Å². The summed E-state index contributed by atoms with van der Waals surface area (Å²) in [6.45, 7) is 3.54. The molecule has 140 valence electrons. The second-order valence-corrected chi connectivity index (χ2v) is 8.18. The summed E-state index contributed by atoms with van der Waals surface area (Å²) in [4.78, 5) is 12.7. The number of hydrogen-bond acceptors (Lipinski definition) is 3. The van der Waals surface area contributed by atoms with E-state index in [4.69, 9.17) is 11.6 Å². The number of carbonyl (C=O) groups excluding carboxylic acids is 1. The minimum absolute atomic E-state index is 0.220. The molecule has 0 fully saturated rings. The molecule has 0 aliphatic heterocycles. The van der Waals surface area contributed by atoms with Crippen molar-refractivity contribution in [1.29, 1.82) is 0 Å². The first-order chi connectivity index (χ1) is 12.1. The van der Waals surface area contributed by atoms with Gasteiger partial charge in [-0.05, 0) is 55.3 Å². The quantitative estimate of drug-likeness (QED) is 0.800. The van der Waals surface area contributed by atoms with Crippen molar-refractivity contribution in [3.63, 3.8) is 0 Å². The largest absolute Gasteiger partial charge is 0.324 e. The number of sulfonamides is 1. The Morgan fingerprint density at radius 1 is 1.23 bits per heavy atom. The number of amides is 1. The van der Waals surface area contributed by atoms with Crippen LogP contribution in [0.5, 0.6) is 0 Å². The zero-order valence-corrected chi connectivity index (χ0v) is 16.2. The summed E-state index contributed by atoms with van der Waals surface area (Å²) >= 11 is 6.06. The highest BCUT2D eigenvalue weighted by atomic mass is 35.5. The molecule has 1 N–H and O–H groups in total. The lowest BCUT2D eigenvalue weighted by Gasteiger charge is -2.30. The first-order valence-corrected chi connectivity index (χ1v) is 10.2. The van der Waals surface area contributed by atoms with Gasteiger partial charge in [0.1, 0.15) is 11.9 Å². The zero-order chi connectivity index (χ0) is 19.5. The van der Waals surface area contributed by atoms with Crippen LogP contribution in [-0.2, 0) is 14.8 Å². The van der Waals surface area contributed by atoms with Gasteiger partial charge in [0.25, 0.3) is 0 Å². The lowest BCUT2D eigenvalue weighted by Crippen LogP contribution is -2.47. The van der Waals surface area contributed by atoms with Crippen molar-refractivity contribution < 1.29 is 17.6 Å². The normalized spacial score (nSPS) is 12.5. The smallest absolute Gasteiger partial charge is 0.248 e. The molecule has 0 heterocycles. The lowest BCUT2D eigenvalue weighted by atomic mass is 10.1. The molecular weight excluding hydrogens is 379 g/mol. The zero-order valence-electron chi connectivity index (χ0n) is 14.7. The third-order valence-electron chi connectivity index (χ3n) is 3.85. The van der Waals surface area contributed by atoms with Crippen LogP contribution in [0.25, 0.3) is 0 Å². The number of nitrogens with one attached hydrogen (secondary N) is 1. The van der Waals surface area contributed by atoms with Gasteiger partial charge in [-0.3, -0.25) is 9.10 Å². The van der Waals surface area contributed by atoms with E-state index in [9.17, 15) is 17.6 Å². The molecule has 2 rings (SSSR count). The van der Waals surface area contributed by atoms with Crippen LogP contribution in [-0.4, -0.2) is 26.6 Å². The van der Waals surface area contributed by atoms with Crippen LogP contribution in [0.1, 0.15) is 18.9 Å². The third-order valence-corrected chi connectivity index (χ3v) is 5.44. The molecule has 0 bridgehead atoms. The molecule has 1 unspecified atom stereocenters. The maximum Gasteiger partial charge on any atom is 0.248 e.